The van der Waals surface area contributed by atoms with Crippen LogP contribution in [-0.2, 0) is 6.67 Å². The van der Waals surface area contributed by atoms with Crippen molar-refractivity contribution in [3.05, 3.63) is 30.1 Å². The molecule has 0 spiro atoms. The molecule has 2 aromatic heterocycles. The maximum atomic E-state index is 5.58. The molecule has 0 fully saturated rings. The van der Waals surface area contributed by atoms with Gasteiger partial charge in [0.15, 0.2) is 0 Å². The van der Waals surface area contributed by atoms with Crippen molar-refractivity contribution in [1.82, 2.24) is 9.55 Å². The molecule has 12 heavy (non-hydrogen) atoms. The number of hydrogen-bond donors (Lipinski definition) is 1. The quantitative estimate of drug-likeness (QED) is 0.684. The predicted octanol–water partition coefficient (Wildman–Crippen LogP) is 1.26. The fourth-order valence-corrected chi connectivity index (χ4v) is 1.45. The second-order valence-electron chi connectivity index (χ2n) is 2.81. The minimum absolute atomic E-state index is 0.492. The number of hydrogen-bond acceptors (Lipinski definition) is 2. The molecule has 0 aliphatic rings. The summed E-state index contributed by atoms with van der Waals surface area (Å²) in [6.07, 6.45) is 1.79. The normalized spacial score (nSPS) is 10.8. The first kappa shape index (κ1) is 7.31. The Morgan fingerprint density at radius 2 is 2.42 bits per heavy atom. The van der Waals surface area contributed by atoms with Crippen molar-refractivity contribution in [2.45, 2.75) is 13.6 Å². The molecule has 0 saturated heterocycles. The van der Waals surface area contributed by atoms with Crippen LogP contribution in [0, 0.1) is 6.92 Å². The van der Waals surface area contributed by atoms with Gasteiger partial charge in [-0.15, -0.1) is 0 Å². The van der Waals surface area contributed by atoms with Crippen molar-refractivity contribution in [1.29, 1.82) is 0 Å². The van der Waals surface area contributed by atoms with Crippen molar-refractivity contribution in [2.75, 3.05) is 0 Å². The van der Waals surface area contributed by atoms with Gasteiger partial charge in [0.1, 0.15) is 5.65 Å². The summed E-state index contributed by atoms with van der Waals surface area (Å²) >= 11 is 0. The summed E-state index contributed by atoms with van der Waals surface area (Å²) in [5, 5.41) is 1.15. The van der Waals surface area contributed by atoms with E-state index in [-0.39, 0.29) is 0 Å². The van der Waals surface area contributed by atoms with Gasteiger partial charge in [-0.3, -0.25) is 0 Å². The van der Waals surface area contributed by atoms with E-state index < -0.39 is 0 Å². The topological polar surface area (TPSA) is 43.8 Å². The molecule has 62 valence electrons. The number of fused-ring (bicyclic) bond motifs is 1. The van der Waals surface area contributed by atoms with Crippen LogP contribution >= 0.6 is 0 Å². The highest BCUT2D eigenvalue weighted by atomic mass is 15.1. The van der Waals surface area contributed by atoms with Gasteiger partial charge in [-0.25, -0.2) is 4.98 Å². The Labute approximate surface area is 70.8 Å². The van der Waals surface area contributed by atoms with Gasteiger partial charge in [-0.2, -0.15) is 0 Å². The third-order valence-corrected chi connectivity index (χ3v) is 2.05. The van der Waals surface area contributed by atoms with Crippen LogP contribution in [0.1, 0.15) is 5.69 Å². The molecule has 0 amide bonds. The van der Waals surface area contributed by atoms with E-state index in [1.54, 1.807) is 6.20 Å². The molecule has 3 heteroatoms. The highest BCUT2D eigenvalue weighted by Crippen LogP contribution is 2.15. The fourth-order valence-electron chi connectivity index (χ4n) is 1.45. The maximum absolute atomic E-state index is 5.58. The lowest BCUT2D eigenvalue weighted by Gasteiger charge is -2.01. The van der Waals surface area contributed by atoms with Crippen LogP contribution in [0.3, 0.4) is 0 Å². The summed E-state index contributed by atoms with van der Waals surface area (Å²) in [4.78, 5) is 4.26. The van der Waals surface area contributed by atoms with Crippen molar-refractivity contribution in [2.24, 2.45) is 5.73 Å². The molecule has 3 nitrogen and oxygen atoms in total. The summed E-state index contributed by atoms with van der Waals surface area (Å²) in [6, 6.07) is 6.07. The Hall–Kier alpha value is -1.35. The fraction of sp³-hybridized carbons (Fsp3) is 0.222. The molecule has 2 N–H and O–H groups in total. The predicted molar refractivity (Wildman–Crippen MR) is 48.7 cm³/mol. The molecule has 0 aliphatic carbocycles. The van der Waals surface area contributed by atoms with Gasteiger partial charge >= 0.3 is 0 Å². The molecule has 2 aromatic rings. The van der Waals surface area contributed by atoms with Crippen LogP contribution in [0.5, 0.6) is 0 Å². The van der Waals surface area contributed by atoms with Gasteiger partial charge in [-0.05, 0) is 25.1 Å². The Morgan fingerprint density at radius 3 is 3.17 bits per heavy atom. The number of rotatable bonds is 1. The lowest BCUT2D eigenvalue weighted by molar-refractivity contribution is 0.732. The second kappa shape index (κ2) is 2.60. The van der Waals surface area contributed by atoms with Gasteiger partial charge in [-0.1, -0.05) is 0 Å². The highest BCUT2D eigenvalue weighted by molar-refractivity contribution is 5.77. The van der Waals surface area contributed by atoms with Crippen molar-refractivity contribution in [3.63, 3.8) is 0 Å². The van der Waals surface area contributed by atoms with Gasteiger partial charge in [0.05, 0.1) is 6.67 Å². The Morgan fingerprint density at radius 1 is 1.58 bits per heavy atom. The van der Waals surface area contributed by atoms with Crippen LogP contribution in [0.4, 0.5) is 0 Å². The molecule has 0 saturated carbocycles. The highest BCUT2D eigenvalue weighted by Gasteiger charge is 2.02. The molecule has 0 aliphatic heterocycles. The van der Waals surface area contributed by atoms with Crippen LogP contribution in [0.2, 0.25) is 0 Å². The molecule has 0 radical (unpaired) electrons. The number of aryl methyl sites for hydroxylation is 1. The zero-order valence-corrected chi connectivity index (χ0v) is 6.99. The average molecular weight is 161 g/mol. The smallest absolute Gasteiger partial charge is 0.141 e. The van der Waals surface area contributed by atoms with Gasteiger partial charge in [0.2, 0.25) is 0 Å². The summed E-state index contributed by atoms with van der Waals surface area (Å²) in [7, 11) is 0. The Kier molecular flexibility index (Phi) is 1.59. The SMILES string of the molecule is Cc1cc2cccnc2n1CN. The van der Waals surface area contributed by atoms with E-state index in [4.69, 9.17) is 5.73 Å². The van der Waals surface area contributed by atoms with Crippen LogP contribution in [-0.4, -0.2) is 9.55 Å². The summed E-state index contributed by atoms with van der Waals surface area (Å²) in [6.45, 7) is 2.53. The number of nitrogens with two attached hydrogens (primary N) is 1. The van der Waals surface area contributed by atoms with E-state index in [1.807, 2.05) is 23.6 Å². The molecule has 0 bridgehead atoms. The number of pyridine rings is 1. The molecule has 0 aromatic carbocycles. The zero-order chi connectivity index (χ0) is 8.55. The van der Waals surface area contributed by atoms with E-state index >= 15 is 0 Å². The first-order valence-electron chi connectivity index (χ1n) is 3.94. The Bertz CT molecular complexity index is 403. The first-order valence-corrected chi connectivity index (χ1v) is 3.94. The van der Waals surface area contributed by atoms with Gasteiger partial charge in [0.25, 0.3) is 0 Å². The first-order chi connectivity index (χ1) is 5.83. The number of aromatic nitrogens is 2. The maximum Gasteiger partial charge on any atom is 0.141 e. The minimum atomic E-state index is 0.492. The third kappa shape index (κ3) is 0.905. The van der Waals surface area contributed by atoms with E-state index in [9.17, 15) is 0 Å². The molecule has 0 atom stereocenters. The van der Waals surface area contributed by atoms with Crippen molar-refractivity contribution in [3.8, 4) is 0 Å². The molecule has 2 rings (SSSR count). The van der Waals surface area contributed by atoms with E-state index in [0.29, 0.717) is 6.67 Å². The van der Waals surface area contributed by atoms with Crippen LogP contribution in [0.25, 0.3) is 11.0 Å². The van der Waals surface area contributed by atoms with E-state index in [0.717, 1.165) is 16.7 Å². The van der Waals surface area contributed by atoms with Gasteiger partial charge < -0.3 is 10.3 Å². The average Bonchev–Trinajstić information content (AvgIpc) is 2.40. The molecule has 2 heterocycles. The second-order valence-corrected chi connectivity index (χ2v) is 2.81. The van der Waals surface area contributed by atoms with Gasteiger partial charge in [0, 0.05) is 17.3 Å². The Balaban J connectivity index is 2.81. The lowest BCUT2D eigenvalue weighted by atomic mass is 10.3. The molecular formula is C9H11N3. The molecular weight excluding hydrogens is 150 g/mol. The molecule has 0 unspecified atom stereocenters. The minimum Gasteiger partial charge on any atom is -0.317 e. The monoisotopic (exact) mass is 161 g/mol. The zero-order valence-electron chi connectivity index (χ0n) is 6.99. The number of nitrogens with zero attached hydrogens (tertiary/aromatic N) is 2. The standard InChI is InChI=1S/C9H11N3/c1-7-5-8-3-2-4-11-9(8)12(7)6-10/h2-5H,6,10H2,1H3. The van der Waals surface area contributed by atoms with Crippen LogP contribution in [0.15, 0.2) is 24.4 Å². The van der Waals surface area contributed by atoms with E-state index in [1.165, 1.54) is 0 Å². The third-order valence-electron chi connectivity index (χ3n) is 2.05. The van der Waals surface area contributed by atoms with Crippen molar-refractivity contribution < 1.29 is 0 Å². The largest absolute Gasteiger partial charge is 0.317 e. The van der Waals surface area contributed by atoms with Crippen LogP contribution < -0.4 is 5.73 Å². The summed E-state index contributed by atoms with van der Waals surface area (Å²) in [5.41, 5.74) is 7.71. The lowest BCUT2D eigenvalue weighted by Crippen LogP contribution is -2.08. The summed E-state index contributed by atoms with van der Waals surface area (Å²) < 4.78 is 2.00. The summed E-state index contributed by atoms with van der Waals surface area (Å²) in [5.74, 6) is 0. The van der Waals surface area contributed by atoms with E-state index in [2.05, 4.69) is 11.1 Å². The van der Waals surface area contributed by atoms with Crippen molar-refractivity contribution >= 4 is 11.0 Å².